The van der Waals surface area contributed by atoms with Crippen molar-refractivity contribution in [3.05, 3.63) is 35.4 Å². The Morgan fingerprint density at radius 2 is 1.87 bits per heavy atom. The van der Waals surface area contributed by atoms with Crippen LogP contribution in [0.15, 0.2) is 24.3 Å². The van der Waals surface area contributed by atoms with E-state index in [1.807, 2.05) is 0 Å². The molecule has 0 radical (unpaired) electrons. The Bertz CT molecular complexity index is 433. The van der Waals surface area contributed by atoms with Crippen LogP contribution in [-0.2, 0) is 4.79 Å². The van der Waals surface area contributed by atoms with Crippen LogP contribution in [0, 0.1) is 0 Å². The number of aromatic hydroxyl groups is 1. The van der Waals surface area contributed by atoms with Crippen molar-refractivity contribution in [2.75, 3.05) is 0 Å². The summed E-state index contributed by atoms with van der Waals surface area (Å²) in [6.07, 6.45) is 2.13. The third-order valence-electron chi connectivity index (χ3n) is 1.67. The molecule has 1 aromatic rings. The van der Waals surface area contributed by atoms with E-state index in [0.29, 0.717) is 5.56 Å². The number of hydrogen-bond donors (Lipinski definition) is 3. The number of aromatic carboxylic acids is 1. The molecule has 5 heteroatoms. The fraction of sp³-hybridized carbons (Fsp3) is 0. The van der Waals surface area contributed by atoms with Crippen molar-refractivity contribution in [3.63, 3.8) is 0 Å². The maximum absolute atomic E-state index is 10.6. The van der Waals surface area contributed by atoms with Crippen molar-refractivity contribution < 1.29 is 24.9 Å². The predicted molar refractivity (Wildman–Crippen MR) is 51.7 cm³/mol. The summed E-state index contributed by atoms with van der Waals surface area (Å²) in [7, 11) is 0. The summed E-state index contributed by atoms with van der Waals surface area (Å²) in [4.78, 5) is 20.8. The Hall–Kier alpha value is -2.30. The van der Waals surface area contributed by atoms with Crippen molar-refractivity contribution >= 4 is 18.0 Å². The number of benzene rings is 1. The van der Waals surface area contributed by atoms with Crippen molar-refractivity contribution in [1.29, 1.82) is 0 Å². The first-order valence-electron chi connectivity index (χ1n) is 3.98. The summed E-state index contributed by atoms with van der Waals surface area (Å²) >= 11 is 0. The van der Waals surface area contributed by atoms with Crippen molar-refractivity contribution in [1.82, 2.24) is 0 Å². The highest BCUT2D eigenvalue weighted by atomic mass is 16.4. The van der Waals surface area contributed by atoms with Gasteiger partial charge in [-0.25, -0.2) is 9.59 Å². The molecule has 1 rings (SSSR count). The molecular weight excluding hydrogens is 200 g/mol. The second kappa shape index (κ2) is 4.28. The minimum atomic E-state index is -1.27. The quantitative estimate of drug-likeness (QED) is 0.648. The zero-order chi connectivity index (χ0) is 11.4. The molecular formula is C10H8O5. The first-order chi connectivity index (χ1) is 7.00. The number of rotatable bonds is 3. The maximum atomic E-state index is 10.6. The molecule has 0 aliphatic heterocycles. The van der Waals surface area contributed by atoms with Crippen LogP contribution in [0.3, 0.4) is 0 Å². The van der Waals surface area contributed by atoms with E-state index in [1.54, 1.807) is 0 Å². The molecule has 0 aliphatic carbocycles. The topological polar surface area (TPSA) is 94.8 Å². The number of carbonyl (C=O) groups is 2. The van der Waals surface area contributed by atoms with Gasteiger partial charge in [-0.2, -0.15) is 0 Å². The number of hydrogen-bond acceptors (Lipinski definition) is 3. The van der Waals surface area contributed by atoms with Gasteiger partial charge >= 0.3 is 11.9 Å². The van der Waals surface area contributed by atoms with Crippen molar-refractivity contribution in [3.8, 4) is 5.75 Å². The van der Waals surface area contributed by atoms with Gasteiger partial charge in [0, 0.05) is 6.08 Å². The molecule has 0 heterocycles. The standard InChI is InChI=1S/C10H8O5/c11-8-3-1-6(2-4-9(12)13)5-7(8)10(14)15/h1-5,11H,(H,12,13)(H,14,15). The molecule has 0 bridgehead atoms. The second-order valence-electron chi connectivity index (χ2n) is 2.75. The highest BCUT2D eigenvalue weighted by Gasteiger charge is 2.08. The van der Waals surface area contributed by atoms with Crippen LogP contribution in [-0.4, -0.2) is 27.3 Å². The monoisotopic (exact) mass is 208 g/mol. The lowest BCUT2D eigenvalue weighted by atomic mass is 10.1. The first kappa shape index (κ1) is 10.8. The number of aliphatic carboxylic acids is 1. The van der Waals surface area contributed by atoms with E-state index in [2.05, 4.69) is 0 Å². The van der Waals surface area contributed by atoms with Crippen LogP contribution in [0.4, 0.5) is 0 Å². The molecule has 3 N–H and O–H groups in total. The lowest BCUT2D eigenvalue weighted by molar-refractivity contribution is -0.131. The van der Waals surface area contributed by atoms with Gasteiger partial charge in [-0.15, -0.1) is 0 Å². The third kappa shape index (κ3) is 2.84. The minimum Gasteiger partial charge on any atom is -0.507 e. The Morgan fingerprint density at radius 1 is 1.20 bits per heavy atom. The zero-order valence-corrected chi connectivity index (χ0v) is 7.54. The fourth-order valence-electron chi connectivity index (χ4n) is 0.996. The van der Waals surface area contributed by atoms with Crippen LogP contribution >= 0.6 is 0 Å². The lowest BCUT2D eigenvalue weighted by Gasteiger charge is -2.00. The summed E-state index contributed by atoms with van der Waals surface area (Å²) in [5.41, 5.74) is 0.134. The van der Waals surface area contributed by atoms with E-state index >= 15 is 0 Å². The summed E-state index contributed by atoms with van der Waals surface area (Å²) in [5.74, 6) is -2.74. The molecule has 0 amide bonds. The largest absolute Gasteiger partial charge is 0.507 e. The molecule has 5 nitrogen and oxygen atoms in total. The van der Waals surface area contributed by atoms with E-state index in [4.69, 9.17) is 15.3 Å². The smallest absolute Gasteiger partial charge is 0.339 e. The van der Waals surface area contributed by atoms with E-state index in [0.717, 1.165) is 6.08 Å². The van der Waals surface area contributed by atoms with Crippen LogP contribution in [0.25, 0.3) is 6.08 Å². The van der Waals surface area contributed by atoms with Crippen LogP contribution in [0.1, 0.15) is 15.9 Å². The SMILES string of the molecule is O=C(O)C=Cc1ccc(O)c(C(=O)O)c1. The van der Waals surface area contributed by atoms with Gasteiger partial charge in [0.25, 0.3) is 0 Å². The molecule has 0 atom stereocenters. The molecule has 0 aliphatic rings. The Morgan fingerprint density at radius 3 is 2.40 bits per heavy atom. The van der Waals surface area contributed by atoms with Gasteiger partial charge in [-0.3, -0.25) is 0 Å². The normalized spacial score (nSPS) is 10.4. The fourth-order valence-corrected chi connectivity index (χ4v) is 0.996. The molecule has 0 spiro atoms. The Balaban J connectivity index is 3.08. The maximum Gasteiger partial charge on any atom is 0.339 e. The van der Waals surface area contributed by atoms with E-state index < -0.39 is 11.9 Å². The first-order valence-corrected chi connectivity index (χ1v) is 3.98. The van der Waals surface area contributed by atoms with Gasteiger partial charge in [0.05, 0.1) is 0 Å². The Kier molecular flexibility index (Phi) is 3.07. The van der Waals surface area contributed by atoms with Gasteiger partial charge in [-0.05, 0) is 23.8 Å². The van der Waals surface area contributed by atoms with Crippen LogP contribution in [0.5, 0.6) is 5.75 Å². The zero-order valence-electron chi connectivity index (χ0n) is 7.54. The number of phenols is 1. The molecule has 0 saturated heterocycles. The van der Waals surface area contributed by atoms with Gasteiger partial charge in [-0.1, -0.05) is 6.07 Å². The molecule has 0 fully saturated rings. The average molecular weight is 208 g/mol. The predicted octanol–water partition coefficient (Wildman–Crippen LogP) is 1.19. The molecule has 0 saturated carbocycles. The minimum absolute atomic E-state index is 0.262. The van der Waals surface area contributed by atoms with Crippen molar-refractivity contribution in [2.45, 2.75) is 0 Å². The molecule has 1 aromatic carbocycles. The van der Waals surface area contributed by atoms with E-state index in [-0.39, 0.29) is 11.3 Å². The molecule has 78 valence electrons. The van der Waals surface area contributed by atoms with Crippen LogP contribution in [0.2, 0.25) is 0 Å². The highest BCUT2D eigenvalue weighted by molar-refractivity contribution is 5.92. The molecule has 15 heavy (non-hydrogen) atoms. The van der Waals surface area contributed by atoms with Gasteiger partial charge in [0.15, 0.2) is 0 Å². The average Bonchev–Trinajstić information content (AvgIpc) is 2.16. The third-order valence-corrected chi connectivity index (χ3v) is 1.67. The van der Waals surface area contributed by atoms with Gasteiger partial charge in [0.2, 0.25) is 0 Å². The van der Waals surface area contributed by atoms with Gasteiger partial charge in [0.1, 0.15) is 11.3 Å². The van der Waals surface area contributed by atoms with Crippen molar-refractivity contribution in [2.24, 2.45) is 0 Å². The summed E-state index contributed by atoms with van der Waals surface area (Å²) in [6, 6.07) is 3.81. The molecule has 0 unspecified atom stereocenters. The Labute approximate surface area is 84.9 Å². The van der Waals surface area contributed by atoms with Crippen LogP contribution < -0.4 is 0 Å². The second-order valence-corrected chi connectivity index (χ2v) is 2.75. The molecule has 0 aromatic heterocycles. The van der Waals surface area contributed by atoms with E-state index in [1.165, 1.54) is 24.3 Å². The highest BCUT2D eigenvalue weighted by Crippen LogP contribution is 2.19. The number of carboxylic acid groups (broad SMARTS) is 2. The summed E-state index contributed by atoms with van der Waals surface area (Å²) in [5, 5.41) is 26.2. The lowest BCUT2D eigenvalue weighted by Crippen LogP contribution is -1.97. The summed E-state index contributed by atoms with van der Waals surface area (Å²) in [6.45, 7) is 0. The van der Waals surface area contributed by atoms with E-state index in [9.17, 15) is 9.59 Å². The number of carboxylic acids is 2. The van der Waals surface area contributed by atoms with Gasteiger partial charge < -0.3 is 15.3 Å². The summed E-state index contributed by atoms with van der Waals surface area (Å²) < 4.78 is 0.